The minimum Gasteiger partial charge on any atom is -0.353 e. The molecule has 4 heterocycles. The number of benzene rings is 1. The van der Waals surface area contributed by atoms with Gasteiger partial charge >= 0.3 is 0 Å². The quantitative estimate of drug-likeness (QED) is 0.532. The molecule has 0 N–H and O–H groups in total. The summed E-state index contributed by atoms with van der Waals surface area (Å²) in [5.41, 5.74) is 1.35. The molecule has 10 nitrogen and oxygen atoms in total. The van der Waals surface area contributed by atoms with Crippen molar-refractivity contribution in [3.63, 3.8) is 0 Å². The predicted octanol–water partition coefficient (Wildman–Crippen LogP) is 2.16. The zero-order valence-corrected chi connectivity index (χ0v) is 20.9. The summed E-state index contributed by atoms with van der Waals surface area (Å²) in [5.74, 6) is 0.631. The summed E-state index contributed by atoms with van der Waals surface area (Å²) < 4.78 is 30.1. The lowest BCUT2D eigenvalue weighted by atomic mass is 9.98. The van der Waals surface area contributed by atoms with E-state index in [1.165, 1.54) is 4.31 Å². The van der Waals surface area contributed by atoms with Gasteiger partial charge in [0.05, 0.1) is 16.3 Å². The number of anilines is 1. The molecule has 1 aromatic carbocycles. The van der Waals surface area contributed by atoms with Gasteiger partial charge in [0, 0.05) is 51.5 Å². The molecular weight excluding hydrogens is 466 g/mol. The normalized spacial score (nSPS) is 20.0. The van der Waals surface area contributed by atoms with Gasteiger partial charge in [0.15, 0.2) is 0 Å². The Labute approximate surface area is 205 Å². The fourth-order valence-electron chi connectivity index (χ4n) is 4.93. The van der Waals surface area contributed by atoms with Crippen LogP contribution in [0.25, 0.3) is 11.0 Å². The molecule has 2 aliphatic rings. The van der Waals surface area contributed by atoms with Crippen LogP contribution in [0.15, 0.2) is 47.5 Å². The Kier molecular flexibility index (Phi) is 6.45. The molecule has 186 valence electrons. The number of piperazine rings is 1. The first kappa shape index (κ1) is 23.7. The van der Waals surface area contributed by atoms with Crippen LogP contribution in [0.4, 0.5) is 5.82 Å². The number of rotatable bonds is 5. The highest BCUT2D eigenvalue weighted by atomic mass is 32.2. The number of nitrogens with zero attached hydrogens (tertiary/aromatic N) is 7. The number of pyridine rings is 1. The van der Waals surface area contributed by atoms with Gasteiger partial charge in [-0.2, -0.15) is 4.31 Å². The van der Waals surface area contributed by atoms with Crippen molar-refractivity contribution in [3.05, 3.63) is 42.6 Å². The summed E-state index contributed by atoms with van der Waals surface area (Å²) in [6, 6.07) is 10.9. The molecule has 1 amide bonds. The van der Waals surface area contributed by atoms with E-state index < -0.39 is 10.0 Å². The van der Waals surface area contributed by atoms with Crippen molar-refractivity contribution in [1.29, 1.82) is 0 Å². The highest BCUT2D eigenvalue weighted by Gasteiger charge is 2.36. The third kappa shape index (κ3) is 4.62. The lowest BCUT2D eigenvalue weighted by molar-refractivity contribution is -0.137. The molecule has 5 rings (SSSR count). The van der Waals surface area contributed by atoms with Gasteiger partial charge in [0.25, 0.3) is 0 Å². The standard InChI is InChI=1S/C24H31N7O3S/c1-18(2)31-22-9-8-20(16-21(22)26-27-31)35(33,34)30-11-5-6-19(17-30)24(32)29-14-12-28(13-15-29)23-7-3-4-10-25-23/h3-4,7-10,16,18-19H,5-6,11-15,17H2,1-2H3/t19-/m0/s1. The van der Waals surface area contributed by atoms with Crippen molar-refractivity contribution in [2.45, 2.75) is 37.6 Å². The summed E-state index contributed by atoms with van der Waals surface area (Å²) in [7, 11) is -3.74. The summed E-state index contributed by atoms with van der Waals surface area (Å²) in [6.07, 6.45) is 3.14. The molecule has 0 unspecified atom stereocenters. The Morgan fingerprint density at radius 1 is 1.06 bits per heavy atom. The van der Waals surface area contributed by atoms with Crippen molar-refractivity contribution in [2.75, 3.05) is 44.2 Å². The van der Waals surface area contributed by atoms with Gasteiger partial charge in [-0.15, -0.1) is 5.10 Å². The number of hydrogen-bond donors (Lipinski definition) is 0. The summed E-state index contributed by atoms with van der Waals surface area (Å²) in [6.45, 7) is 7.28. The van der Waals surface area contributed by atoms with Crippen LogP contribution >= 0.6 is 0 Å². The third-order valence-corrected chi connectivity index (χ3v) is 8.73. The average molecular weight is 498 g/mol. The Balaban J connectivity index is 1.26. The van der Waals surface area contributed by atoms with Crippen molar-refractivity contribution >= 4 is 32.8 Å². The van der Waals surface area contributed by atoms with Gasteiger partial charge in [-0.1, -0.05) is 11.3 Å². The third-order valence-electron chi connectivity index (χ3n) is 6.87. The van der Waals surface area contributed by atoms with Crippen molar-refractivity contribution in [3.8, 4) is 0 Å². The SMILES string of the molecule is CC(C)n1nnc2cc(S(=O)(=O)N3CCC[C@H](C(=O)N4CCN(c5ccccn5)CC4)C3)ccc21. The van der Waals surface area contributed by atoms with E-state index in [1.54, 1.807) is 29.1 Å². The second kappa shape index (κ2) is 9.54. The number of carbonyl (C=O) groups is 1. The highest BCUT2D eigenvalue weighted by molar-refractivity contribution is 7.89. The van der Waals surface area contributed by atoms with Gasteiger partial charge < -0.3 is 9.80 Å². The lowest BCUT2D eigenvalue weighted by Gasteiger charge is -2.39. The fourth-order valence-corrected chi connectivity index (χ4v) is 6.47. The molecule has 35 heavy (non-hydrogen) atoms. The summed E-state index contributed by atoms with van der Waals surface area (Å²) in [5, 5.41) is 8.30. The van der Waals surface area contributed by atoms with Crippen LogP contribution in [0.5, 0.6) is 0 Å². The van der Waals surface area contributed by atoms with E-state index in [0.29, 0.717) is 51.1 Å². The number of fused-ring (bicyclic) bond motifs is 1. The predicted molar refractivity (Wildman–Crippen MR) is 132 cm³/mol. The van der Waals surface area contributed by atoms with Crippen LogP contribution in [0.2, 0.25) is 0 Å². The van der Waals surface area contributed by atoms with E-state index in [1.807, 2.05) is 36.9 Å². The topological polar surface area (TPSA) is 105 Å². The molecule has 2 fully saturated rings. The number of sulfonamides is 1. The average Bonchev–Trinajstić information content (AvgIpc) is 3.33. The molecule has 0 spiro atoms. The van der Waals surface area contributed by atoms with Crippen molar-refractivity contribution in [2.24, 2.45) is 5.92 Å². The summed E-state index contributed by atoms with van der Waals surface area (Å²) in [4.78, 5) is 21.9. The number of hydrogen-bond acceptors (Lipinski definition) is 7. The van der Waals surface area contributed by atoms with Crippen LogP contribution in [-0.2, 0) is 14.8 Å². The number of amides is 1. The monoisotopic (exact) mass is 497 g/mol. The van der Waals surface area contributed by atoms with Gasteiger partial charge in [-0.05, 0) is 57.0 Å². The van der Waals surface area contributed by atoms with Gasteiger partial charge in [-0.25, -0.2) is 18.1 Å². The fraction of sp³-hybridized carbons (Fsp3) is 0.500. The van der Waals surface area contributed by atoms with Crippen LogP contribution in [0.1, 0.15) is 32.7 Å². The second-order valence-corrected chi connectivity index (χ2v) is 11.4. The molecular formula is C24H31N7O3S. The second-order valence-electron chi connectivity index (χ2n) is 9.48. The number of carbonyl (C=O) groups excluding carboxylic acids is 1. The Bertz CT molecular complexity index is 1300. The molecule has 0 radical (unpaired) electrons. The van der Waals surface area contributed by atoms with E-state index in [9.17, 15) is 13.2 Å². The van der Waals surface area contributed by atoms with Gasteiger partial charge in [-0.3, -0.25) is 4.79 Å². The first-order chi connectivity index (χ1) is 16.8. The van der Waals surface area contributed by atoms with E-state index in [-0.39, 0.29) is 29.3 Å². The van der Waals surface area contributed by atoms with E-state index >= 15 is 0 Å². The molecule has 0 saturated carbocycles. The van der Waals surface area contributed by atoms with E-state index in [4.69, 9.17) is 0 Å². The zero-order valence-electron chi connectivity index (χ0n) is 20.1. The minimum atomic E-state index is -3.74. The van der Waals surface area contributed by atoms with E-state index in [0.717, 1.165) is 11.3 Å². The minimum absolute atomic E-state index is 0.0425. The number of aromatic nitrogens is 4. The molecule has 0 bridgehead atoms. The summed E-state index contributed by atoms with van der Waals surface area (Å²) >= 11 is 0. The zero-order chi connectivity index (χ0) is 24.6. The Hall–Kier alpha value is -3.05. The van der Waals surface area contributed by atoms with Crippen molar-refractivity contribution < 1.29 is 13.2 Å². The van der Waals surface area contributed by atoms with Gasteiger partial charge in [0.1, 0.15) is 11.3 Å². The largest absolute Gasteiger partial charge is 0.353 e. The highest BCUT2D eigenvalue weighted by Crippen LogP contribution is 2.27. The molecule has 1 atom stereocenters. The maximum absolute atomic E-state index is 13.4. The molecule has 2 aliphatic heterocycles. The van der Waals surface area contributed by atoms with Crippen LogP contribution in [0.3, 0.4) is 0 Å². The first-order valence-electron chi connectivity index (χ1n) is 12.1. The van der Waals surface area contributed by atoms with Crippen LogP contribution in [-0.4, -0.2) is 82.8 Å². The Morgan fingerprint density at radius 3 is 2.57 bits per heavy atom. The maximum atomic E-state index is 13.4. The van der Waals surface area contributed by atoms with Crippen LogP contribution in [0, 0.1) is 5.92 Å². The van der Waals surface area contributed by atoms with E-state index in [2.05, 4.69) is 20.2 Å². The van der Waals surface area contributed by atoms with Crippen LogP contribution < -0.4 is 4.90 Å². The molecule has 2 saturated heterocycles. The first-order valence-corrected chi connectivity index (χ1v) is 13.6. The molecule has 3 aromatic rings. The Morgan fingerprint density at radius 2 is 1.86 bits per heavy atom. The maximum Gasteiger partial charge on any atom is 0.243 e. The van der Waals surface area contributed by atoms with Crippen molar-refractivity contribution in [1.82, 2.24) is 29.2 Å². The molecule has 0 aliphatic carbocycles. The number of piperidine rings is 1. The molecule has 2 aromatic heterocycles. The smallest absolute Gasteiger partial charge is 0.243 e. The lowest BCUT2D eigenvalue weighted by Crippen LogP contribution is -2.53. The van der Waals surface area contributed by atoms with Gasteiger partial charge in [0.2, 0.25) is 15.9 Å². The molecule has 11 heteroatoms.